The van der Waals surface area contributed by atoms with Gasteiger partial charge in [-0.2, -0.15) is 4.98 Å². The summed E-state index contributed by atoms with van der Waals surface area (Å²) in [7, 11) is 0. The Bertz CT molecular complexity index is 585. The van der Waals surface area contributed by atoms with Crippen LogP contribution >= 0.6 is 0 Å². The maximum atomic E-state index is 12.3. The zero-order valence-corrected chi connectivity index (χ0v) is 11.3. The molecule has 0 aliphatic heterocycles. The minimum atomic E-state index is -0.784. The predicted molar refractivity (Wildman–Crippen MR) is 68.7 cm³/mol. The summed E-state index contributed by atoms with van der Waals surface area (Å²) in [6, 6.07) is 0. The summed E-state index contributed by atoms with van der Waals surface area (Å²) in [5, 5.41) is 3.90. The van der Waals surface area contributed by atoms with Gasteiger partial charge in [0.1, 0.15) is 5.41 Å². The zero-order valence-electron chi connectivity index (χ0n) is 11.3. The second-order valence-electron chi connectivity index (χ2n) is 4.87. The van der Waals surface area contributed by atoms with Crippen molar-refractivity contribution >= 4 is 5.97 Å². The fraction of sp³-hybridized carbons (Fsp3) is 0.538. The number of nitrogens with one attached hydrogen (secondary N) is 1. The van der Waals surface area contributed by atoms with Crippen molar-refractivity contribution in [3.05, 3.63) is 18.3 Å². The number of carbonyl (C=O) groups excluding carboxylic acids is 1. The molecule has 0 saturated heterocycles. The third-order valence-corrected chi connectivity index (χ3v) is 3.67. The Morgan fingerprint density at radius 1 is 1.50 bits per heavy atom. The summed E-state index contributed by atoms with van der Waals surface area (Å²) >= 11 is 0. The third kappa shape index (κ3) is 1.99. The Morgan fingerprint density at radius 3 is 2.95 bits per heavy atom. The highest BCUT2D eigenvalue weighted by Gasteiger charge is 2.49. The molecule has 3 rings (SSSR count). The number of carbonyl (C=O) groups is 1. The van der Waals surface area contributed by atoms with E-state index in [0.29, 0.717) is 37.0 Å². The molecule has 0 amide bonds. The molecule has 0 aromatic carbocycles. The van der Waals surface area contributed by atoms with Crippen molar-refractivity contribution in [2.45, 2.75) is 38.0 Å². The van der Waals surface area contributed by atoms with Gasteiger partial charge in [0.25, 0.3) is 0 Å². The highest BCUT2D eigenvalue weighted by Crippen LogP contribution is 2.41. The molecule has 1 aliphatic rings. The molecule has 0 bridgehead atoms. The molecule has 0 radical (unpaired) electrons. The van der Waals surface area contributed by atoms with Gasteiger partial charge in [0, 0.05) is 12.4 Å². The maximum absolute atomic E-state index is 12.3. The molecule has 106 valence electrons. The van der Waals surface area contributed by atoms with Gasteiger partial charge in [-0.1, -0.05) is 18.0 Å². The monoisotopic (exact) mass is 276 g/mol. The van der Waals surface area contributed by atoms with Crippen LogP contribution in [0.4, 0.5) is 0 Å². The molecule has 1 fully saturated rings. The van der Waals surface area contributed by atoms with Crippen molar-refractivity contribution in [1.82, 2.24) is 20.1 Å². The first-order valence-electron chi connectivity index (χ1n) is 6.77. The van der Waals surface area contributed by atoms with E-state index in [2.05, 4.69) is 20.1 Å². The van der Waals surface area contributed by atoms with Crippen LogP contribution in [0.3, 0.4) is 0 Å². The molecule has 7 heteroatoms. The first-order chi connectivity index (χ1) is 9.76. The van der Waals surface area contributed by atoms with Crippen LogP contribution in [0, 0.1) is 0 Å². The summed E-state index contributed by atoms with van der Waals surface area (Å²) in [5.41, 5.74) is -0.784. The van der Waals surface area contributed by atoms with Gasteiger partial charge in [0.05, 0.1) is 6.61 Å². The van der Waals surface area contributed by atoms with Gasteiger partial charge in [-0.25, -0.2) is 4.98 Å². The number of aromatic amines is 1. The Balaban J connectivity index is 1.94. The van der Waals surface area contributed by atoms with E-state index in [1.54, 1.807) is 19.3 Å². The number of H-pyrrole nitrogens is 1. The Labute approximate surface area is 115 Å². The van der Waals surface area contributed by atoms with E-state index in [4.69, 9.17) is 9.26 Å². The van der Waals surface area contributed by atoms with Crippen molar-refractivity contribution < 1.29 is 14.1 Å². The summed E-state index contributed by atoms with van der Waals surface area (Å²) in [6.45, 7) is 2.14. The van der Waals surface area contributed by atoms with Gasteiger partial charge in [0.2, 0.25) is 11.7 Å². The van der Waals surface area contributed by atoms with Gasteiger partial charge >= 0.3 is 5.97 Å². The van der Waals surface area contributed by atoms with Crippen molar-refractivity contribution in [3.8, 4) is 11.6 Å². The molecular formula is C13H16N4O3. The van der Waals surface area contributed by atoms with E-state index in [1.807, 2.05) is 0 Å². The average molecular weight is 276 g/mol. The lowest BCUT2D eigenvalue weighted by molar-refractivity contribution is -0.151. The molecule has 1 aliphatic carbocycles. The number of hydrogen-bond donors (Lipinski definition) is 1. The highest BCUT2D eigenvalue weighted by atomic mass is 16.5. The summed E-state index contributed by atoms with van der Waals surface area (Å²) in [4.78, 5) is 23.6. The van der Waals surface area contributed by atoms with E-state index in [9.17, 15) is 4.79 Å². The average Bonchev–Trinajstić information content (AvgIpc) is 3.19. The van der Waals surface area contributed by atoms with Gasteiger partial charge in [-0.3, -0.25) is 4.79 Å². The van der Waals surface area contributed by atoms with Crippen molar-refractivity contribution in [3.63, 3.8) is 0 Å². The Hall–Kier alpha value is -2.18. The van der Waals surface area contributed by atoms with Gasteiger partial charge in [-0.05, 0) is 19.8 Å². The van der Waals surface area contributed by atoms with Gasteiger partial charge in [-0.15, -0.1) is 0 Å². The molecule has 20 heavy (non-hydrogen) atoms. The molecule has 1 saturated carbocycles. The quantitative estimate of drug-likeness (QED) is 0.856. The van der Waals surface area contributed by atoms with E-state index in [1.165, 1.54) is 0 Å². The third-order valence-electron chi connectivity index (χ3n) is 3.67. The number of ether oxygens (including phenoxy) is 1. The molecule has 0 atom stereocenters. The Morgan fingerprint density at radius 2 is 2.30 bits per heavy atom. The molecule has 7 nitrogen and oxygen atoms in total. The van der Waals surface area contributed by atoms with Crippen LogP contribution in [0.15, 0.2) is 16.9 Å². The number of nitrogens with zero attached hydrogens (tertiary/aromatic N) is 3. The van der Waals surface area contributed by atoms with Crippen LogP contribution in [0.1, 0.15) is 38.5 Å². The summed E-state index contributed by atoms with van der Waals surface area (Å²) < 4.78 is 10.5. The van der Waals surface area contributed by atoms with Crippen molar-refractivity contribution in [2.75, 3.05) is 6.61 Å². The zero-order chi connectivity index (χ0) is 14.0. The number of esters is 1. The van der Waals surface area contributed by atoms with Crippen molar-refractivity contribution in [2.24, 2.45) is 0 Å². The lowest BCUT2D eigenvalue weighted by Crippen LogP contribution is -2.35. The molecule has 1 N–H and O–H groups in total. The van der Waals surface area contributed by atoms with E-state index in [0.717, 1.165) is 12.8 Å². The van der Waals surface area contributed by atoms with E-state index < -0.39 is 5.41 Å². The molecular weight excluding hydrogens is 260 g/mol. The number of aromatic nitrogens is 4. The topological polar surface area (TPSA) is 93.9 Å². The van der Waals surface area contributed by atoms with Gasteiger partial charge < -0.3 is 14.2 Å². The first kappa shape index (κ1) is 12.8. The fourth-order valence-corrected chi connectivity index (χ4v) is 2.65. The van der Waals surface area contributed by atoms with Crippen molar-refractivity contribution in [1.29, 1.82) is 0 Å². The lowest BCUT2D eigenvalue weighted by Gasteiger charge is -2.21. The predicted octanol–water partition coefficient (Wildman–Crippen LogP) is 1.83. The van der Waals surface area contributed by atoms with Crippen LogP contribution in [0.2, 0.25) is 0 Å². The minimum Gasteiger partial charge on any atom is -0.465 e. The maximum Gasteiger partial charge on any atom is 0.321 e. The lowest BCUT2D eigenvalue weighted by atomic mass is 9.86. The molecule has 2 aromatic rings. The van der Waals surface area contributed by atoms with Crippen LogP contribution in [-0.2, 0) is 14.9 Å². The number of hydrogen-bond acceptors (Lipinski definition) is 6. The SMILES string of the molecule is CCOC(=O)C1(c2nc(-c3ncc[nH]3)no2)CCCC1. The van der Waals surface area contributed by atoms with Crippen LogP contribution < -0.4 is 0 Å². The van der Waals surface area contributed by atoms with E-state index >= 15 is 0 Å². The normalized spacial score (nSPS) is 17.2. The van der Waals surface area contributed by atoms with Gasteiger partial charge in [0.15, 0.2) is 5.82 Å². The largest absolute Gasteiger partial charge is 0.465 e. The standard InChI is InChI=1S/C13H16N4O3/c1-2-19-12(18)13(5-3-4-6-13)11-16-10(17-20-11)9-14-7-8-15-9/h7-8H,2-6H2,1H3,(H,14,15). The highest BCUT2D eigenvalue weighted by molar-refractivity contribution is 5.82. The first-order valence-corrected chi connectivity index (χ1v) is 6.77. The number of rotatable bonds is 4. The molecule has 2 aromatic heterocycles. The summed E-state index contributed by atoms with van der Waals surface area (Å²) in [5.74, 6) is 0.949. The van der Waals surface area contributed by atoms with Crippen LogP contribution in [0.25, 0.3) is 11.6 Å². The van der Waals surface area contributed by atoms with Crippen LogP contribution in [0.5, 0.6) is 0 Å². The fourth-order valence-electron chi connectivity index (χ4n) is 2.65. The molecule has 2 heterocycles. The Kier molecular flexibility index (Phi) is 3.25. The number of imidazole rings is 1. The second kappa shape index (κ2) is 5.07. The minimum absolute atomic E-state index is 0.271. The summed E-state index contributed by atoms with van der Waals surface area (Å²) in [6.07, 6.45) is 6.58. The van der Waals surface area contributed by atoms with Crippen LogP contribution in [-0.4, -0.2) is 32.7 Å². The second-order valence-corrected chi connectivity index (χ2v) is 4.87. The molecule has 0 unspecified atom stereocenters. The smallest absolute Gasteiger partial charge is 0.321 e. The molecule has 0 spiro atoms. The van der Waals surface area contributed by atoms with E-state index in [-0.39, 0.29) is 5.97 Å².